The van der Waals surface area contributed by atoms with Gasteiger partial charge in [-0.1, -0.05) is 0 Å². The molecular weight excluding hydrogens is 380 g/mol. The van der Waals surface area contributed by atoms with E-state index in [1.807, 2.05) is 0 Å². The minimum Gasteiger partial charge on any atom is -0.493 e. The first-order valence-electron chi connectivity index (χ1n) is 9.61. The molecule has 3 saturated heterocycles. The molecule has 0 aromatic heterocycles. The molecule has 3 aliphatic heterocycles. The third-order valence-electron chi connectivity index (χ3n) is 5.85. The summed E-state index contributed by atoms with van der Waals surface area (Å²) in [6.45, 7) is 0.974. The van der Waals surface area contributed by atoms with Crippen molar-refractivity contribution in [3.8, 4) is 17.2 Å². The van der Waals surface area contributed by atoms with Crippen LogP contribution in [0.5, 0.6) is 17.2 Å². The molecule has 0 N–H and O–H groups in total. The van der Waals surface area contributed by atoms with E-state index in [9.17, 15) is 14.4 Å². The molecule has 1 aromatic rings. The Bertz CT molecular complexity index is 830. The molecule has 9 heteroatoms. The number of carbonyl (C=O) groups excluding carboxylic acids is 3. The molecule has 0 spiro atoms. The number of hydrogen-bond acceptors (Lipinski definition) is 7. The van der Waals surface area contributed by atoms with Crippen molar-refractivity contribution in [2.45, 2.75) is 37.6 Å². The maximum atomic E-state index is 13.2. The topological polar surface area (TPSA) is 94.6 Å². The summed E-state index contributed by atoms with van der Waals surface area (Å²) in [5.41, 5.74) is 0.116. The van der Waals surface area contributed by atoms with Crippen molar-refractivity contribution in [1.82, 2.24) is 9.80 Å². The number of carbonyl (C=O) groups is 3. The van der Waals surface area contributed by atoms with Crippen LogP contribution in [0.2, 0.25) is 0 Å². The van der Waals surface area contributed by atoms with Gasteiger partial charge in [0.2, 0.25) is 11.7 Å². The number of fused-ring (bicyclic) bond motifs is 4. The summed E-state index contributed by atoms with van der Waals surface area (Å²) in [6, 6.07) is 1.96. The van der Waals surface area contributed by atoms with Crippen LogP contribution in [0.4, 0.5) is 0 Å². The van der Waals surface area contributed by atoms with E-state index in [0.717, 1.165) is 6.42 Å². The monoisotopic (exact) mass is 404 g/mol. The average molecular weight is 404 g/mol. The lowest BCUT2D eigenvalue weighted by atomic mass is 9.88. The molecule has 3 aliphatic rings. The highest BCUT2D eigenvalue weighted by molar-refractivity contribution is 6.43. The summed E-state index contributed by atoms with van der Waals surface area (Å²) in [4.78, 5) is 42.3. The third kappa shape index (κ3) is 3.00. The molecule has 3 atom stereocenters. The summed E-state index contributed by atoms with van der Waals surface area (Å²) in [5.74, 6) is -0.683. The summed E-state index contributed by atoms with van der Waals surface area (Å²) in [6.07, 6.45) is 1.58. The predicted octanol–water partition coefficient (Wildman–Crippen LogP) is 0.843. The van der Waals surface area contributed by atoms with Crippen LogP contribution in [-0.2, 0) is 14.3 Å². The number of nitrogens with zero attached hydrogens (tertiary/aromatic N) is 2. The van der Waals surface area contributed by atoms with E-state index in [1.165, 1.54) is 38.4 Å². The van der Waals surface area contributed by atoms with Crippen molar-refractivity contribution in [3.05, 3.63) is 17.7 Å². The second kappa shape index (κ2) is 7.55. The molecule has 1 aromatic carbocycles. The number of ketones is 1. The zero-order chi connectivity index (χ0) is 20.7. The molecule has 3 heterocycles. The van der Waals surface area contributed by atoms with Crippen LogP contribution in [0.1, 0.15) is 29.6 Å². The smallest absolute Gasteiger partial charge is 0.296 e. The molecule has 0 radical (unpaired) electrons. The number of rotatable bonds is 5. The lowest BCUT2D eigenvalue weighted by molar-refractivity contribution is -0.173. The maximum absolute atomic E-state index is 13.2. The van der Waals surface area contributed by atoms with Crippen LogP contribution < -0.4 is 14.2 Å². The van der Waals surface area contributed by atoms with Crippen LogP contribution in [0.25, 0.3) is 0 Å². The van der Waals surface area contributed by atoms with Crippen molar-refractivity contribution in [1.29, 1.82) is 0 Å². The number of hydrogen-bond donors (Lipinski definition) is 0. The lowest BCUT2D eigenvalue weighted by Crippen LogP contribution is -2.69. The largest absolute Gasteiger partial charge is 0.493 e. The fraction of sp³-hybridized carbons (Fsp3) is 0.550. The van der Waals surface area contributed by atoms with Crippen molar-refractivity contribution in [2.24, 2.45) is 0 Å². The van der Waals surface area contributed by atoms with E-state index in [0.29, 0.717) is 31.7 Å². The number of methoxy groups -OCH3 is 3. The summed E-state index contributed by atoms with van der Waals surface area (Å²) < 4.78 is 21.6. The van der Waals surface area contributed by atoms with Crippen molar-refractivity contribution in [2.75, 3.05) is 34.5 Å². The number of amides is 2. The Morgan fingerprint density at radius 2 is 1.76 bits per heavy atom. The van der Waals surface area contributed by atoms with Gasteiger partial charge in [-0.3, -0.25) is 14.4 Å². The molecule has 4 rings (SSSR count). The number of piperazine rings is 1. The molecule has 29 heavy (non-hydrogen) atoms. The molecule has 3 unspecified atom stereocenters. The van der Waals surface area contributed by atoms with E-state index in [2.05, 4.69) is 0 Å². The first-order chi connectivity index (χ1) is 14.0. The van der Waals surface area contributed by atoms with Gasteiger partial charge in [0.05, 0.1) is 34.0 Å². The van der Waals surface area contributed by atoms with Gasteiger partial charge in [-0.05, 0) is 31.4 Å². The van der Waals surface area contributed by atoms with E-state index < -0.39 is 24.0 Å². The summed E-state index contributed by atoms with van der Waals surface area (Å²) in [7, 11) is 4.33. The highest BCUT2D eigenvalue weighted by Crippen LogP contribution is 2.40. The second-order valence-corrected chi connectivity index (χ2v) is 7.26. The number of ether oxygens (including phenoxy) is 4. The van der Waals surface area contributed by atoms with Crippen LogP contribution in [-0.4, -0.2) is 80.2 Å². The van der Waals surface area contributed by atoms with Crippen molar-refractivity contribution < 1.29 is 33.3 Å². The van der Waals surface area contributed by atoms with Gasteiger partial charge in [-0.25, -0.2) is 0 Å². The summed E-state index contributed by atoms with van der Waals surface area (Å²) >= 11 is 0. The van der Waals surface area contributed by atoms with E-state index in [1.54, 1.807) is 4.90 Å². The molecule has 2 amide bonds. The molecule has 9 nitrogen and oxygen atoms in total. The van der Waals surface area contributed by atoms with Gasteiger partial charge in [0.15, 0.2) is 17.7 Å². The quantitative estimate of drug-likeness (QED) is 0.530. The molecule has 2 bridgehead atoms. The van der Waals surface area contributed by atoms with Gasteiger partial charge >= 0.3 is 0 Å². The number of Topliss-reactive ketones (excluding diaryl/α,β-unsaturated/α-hetero) is 1. The molecular formula is C20H24N2O7. The average Bonchev–Trinajstić information content (AvgIpc) is 3.25. The Hall–Kier alpha value is -2.81. The predicted molar refractivity (Wildman–Crippen MR) is 100 cm³/mol. The van der Waals surface area contributed by atoms with Gasteiger partial charge in [-0.2, -0.15) is 0 Å². The van der Waals surface area contributed by atoms with Gasteiger partial charge in [0, 0.05) is 12.1 Å². The highest BCUT2D eigenvalue weighted by Gasteiger charge is 2.53. The van der Waals surface area contributed by atoms with Gasteiger partial charge < -0.3 is 28.7 Å². The third-order valence-corrected chi connectivity index (χ3v) is 5.85. The normalized spacial score (nSPS) is 25.5. The SMILES string of the molecule is COc1cc(C(=O)C(=O)N2C3CCCC2C2OCCN2C3=O)cc(OC)c1OC. The second-order valence-electron chi connectivity index (χ2n) is 7.26. The van der Waals surface area contributed by atoms with E-state index >= 15 is 0 Å². The zero-order valence-corrected chi connectivity index (χ0v) is 16.7. The van der Waals surface area contributed by atoms with Crippen LogP contribution in [0, 0.1) is 0 Å². The number of piperidine rings is 1. The van der Waals surface area contributed by atoms with Gasteiger partial charge in [0.25, 0.3) is 11.7 Å². The molecule has 3 fully saturated rings. The van der Waals surface area contributed by atoms with Gasteiger partial charge in [-0.15, -0.1) is 0 Å². The van der Waals surface area contributed by atoms with Crippen LogP contribution >= 0.6 is 0 Å². The molecule has 156 valence electrons. The lowest BCUT2D eigenvalue weighted by Gasteiger charge is -2.50. The minimum absolute atomic E-state index is 0.116. The Kier molecular flexibility index (Phi) is 5.08. The van der Waals surface area contributed by atoms with Crippen molar-refractivity contribution >= 4 is 17.6 Å². The Labute approximate surface area is 168 Å². The Morgan fingerprint density at radius 1 is 1.07 bits per heavy atom. The first kappa shape index (κ1) is 19.5. The summed E-state index contributed by atoms with van der Waals surface area (Å²) in [5, 5.41) is 0. The zero-order valence-electron chi connectivity index (χ0n) is 16.7. The van der Waals surface area contributed by atoms with Crippen LogP contribution in [0.15, 0.2) is 12.1 Å². The maximum Gasteiger partial charge on any atom is 0.296 e. The Balaban J connectivity index is 1.67. The minimum atomic E-state index is -0.722. The fourth-order valence-electron chi connectivity index (χ4n) is 4.53. The fourth-order valence-corrected chi connectivity index (χ4v) is 4.53. The van der Waals surface area contributed by atoms with Crippen molar-refractivity contribution in [3.63, 3.8) is 0 Å². The van der Waals surface area contributed by atoms with E-state index in [-0.39, 0.29) is 29.0 Å². The molecule has 0 aliphatic carbocycles. The number of benzene rings is 1. The Morgan fingerprint density at radius 3 is 2.38 bits per heavy atom. The highest BCUT2D eigenvalue weighted by atomic mass is 16.5. The first-order valence-corrected chi connectivity index (χ1v) is 9.61. The van der Waals surface area contributed by atoms with Crippen LogP contribution in [0.3, 0.4) is 0 Å². The van der Waals surface area contributed by atoms with Gasteiger partial charge in [0.1, 0.15) is 6.04 Å². The van der Waals surface area contributed by atoms with E-state index in [4.69, 9.17) is 18.9 Å². The standard InChI is InChI=1S/C20H24N2O7/c1-26-14-9-11(10-15(27-2)17(14)28-3)16(23)19(25)22-12-5-4-6-13(22)20-21(18(12)24)7-8-29-20/h9-10,12-13,20H,4-8H2,1-3H3. The molecule has 0 saturated carbocycles.